The predicted octanol–water partition coefficient (Wildman–Crippen LogP) is 4.17. The molecule has 21 heavy (non-hydrogen) atoms. The third-order valence-electron chi connectivity index (χ3n) is 4.14. The average Bonchev–Trinajstić information content (AvgIpc) is 2.96. The van der Waals surface area contributed by atoms with Crippen LogP contribution < -0.4 is 4.74 Å². The summed E-state index contributed by atoms with van der Waals surface area (Å²) in [6.07, 6.45) is 2.26. The summed E-state index contributed by atoms with van der Waals surface area (Å²) in [6, 6.07) is 15.5. The topological polar surface area (TPSA) is 12.5 Å². The molecule has 1 aliphatic heterocycles. The minimum Gasteiger partial charge on any atom is -0.497 e. The van der Waals surface area contributed by atoms with E-state index in [2.05, 4.69) is 17.0 Å². The summed E-state index contributed by atoms with van der Waals surface area (Å²) in [5.74, 6) is 0.727. The van der Waals surface area contributed by atoms with Gasteiger partial charge >= 0.3 is 0 Å². The molecule has 1 aliphatic rings. The Kier molecular flexibility index (Phi) is 4.20. The van der Waals surface area contributed by atoms with Crippen LogP contribution in [0.1, 0.15) is 30.0 Å². The highest BCUT2D eigenvalue weighted by atomic mass is 19.1. The van der Waals surface area contributed by atoms with Crippen LogP contribution in [0.2, 0.25) is 0 Å². The monoisotopic (exact) mass is 285 g/mol. The highest BCUT2D eigenvalue weighted by molar-refractivity contribution is 5.28. The lowest BCUT2D eigenvalue weighted by atomic mass is 10.0. The van der Waals surface area contributed by atoms with Crippen LogP contribution in [0.15, 0.2) is 48.5 Å². The van der Waals surface area contributed by atoms with Gasteiger partial charge in [0, 0.05) is 12.6 Å². The number of methoxy groups -OCH3 is 1. The van der Waals surface area contributed by atoms with Crippen molar-refractivity contribution in [2.75, 3.05) is 13.7 Å². The van der Waals surface area contributed by atoms with Crippen LogP contribution in [0, 0.1) is 5.82 Å². The number of halogens is 1. The number of nitrogens with zero attached hydrogens (tertiary/aromatic N) is 1. The maximum Gasteiger partial charge on any atom is 0.123 e. The Morgan fingerprint density at radius 3 is 2.71 bits per heavy atom. The molecule has 1 saturated heterocycles. The SMILES string of the molecule is COc1ccc(CN2CCC[C@H]2c2cccc(F)c2)cc1. The molecule has 2 aromatic carbocycles. The maximum absolute atomic E-state index is 13.4. The number of benzene rings is 2. The predicted molar refractivity (Wildman–Crippen MR) is 81.8 cm³/mol. The van der Waals surface area contributed by atoms with E-state index in [1.165, 1.54) is 11.6 Å². The Balaban J connectivity index is 1.74. The van der Waals surface area contributed by atoms with Gasteiger partial charge in [-0.1, -0.05) is 24.3 Å². The molecule has 0 aliphatic carbocycles. The van der Waals surface area contributed by atoms with E-state index < -0.39 is 0 Å². The highest BCUT2D eigenvalue weighted by Crippen LogP contribution is 2.33. The van der Waals surface area contributed by atoms with Gasteiger partial charge in [0.25, 0.3) is 0 Å². The van der Waals surface area contributed by atoms with E-state index in [0.717, 1.165) is 37.2 Å². The van der Waals surface area contributed by atoms with E-state index in [1.54, 1.807) is 19.2 Å². The van der Waals surface area contributed by atoms with Crippen LogP contribution in [0.25, 0.3) is 0 Å². The molecule has 0 aromatic heterocycles. The fourth-order valence-electron chi connectivity index (χ4n) is 3.07. The van der Waals surface area contributed by atoms with Gasteiger partial charge in [-0.15, -0.1) is 0 Å². The molecule has 3 rings (SSSR count). The smallest absolute Gasteiger partial charge is 0.123 e. The summed E-state index contributed by atoms with van der Waals surface area (Å²) in [5, 5.41) is 0. The summed E-state index contributed by atoms with van der Waals surface area (Å²) >= 11 is 0. The van der Waals surface area contributed by atoms with Crippen molar-refractivity contribution in [1.29, 1.82) is 0 Å². The first-order valence-corrected chi connectivity index (χ1v) is 7.39. The number of ether oxygens (including phenoxy) is 1. The second-order valence-electron chi connectivity index (χ2n) is 5.53. The van der Waals surface area contributed by atoms with Crippen molar-refractivity contribution < 1.29 is 9.13 Å². The van der Waals surface area contributed by atoms with E-state index >= 15 is 0 Å². The van der Waals surface area contributed by atoms with Gasteiger partial charge in [-0.2, -0.15) is 0 Å². The summed E-state index contributed by atoms with van der Waals surface area (Å²) in [7, 11) is 1.68. The molecule has 0 spiro atoms. The summed E-state index contributed by atoms with van der Waals surface area (Å²) in [5.41, 5.74) is 2.35. The largest absolute Gasteiger partial charge is 0.497 e. The molecular formula is C18H20FNO. The minimum absolute atomic E-state index is 0.149. The zero-order valence-electron chi connectivity index (χ0n) is 12.3. The fraction of sp³-hybridized carbons (Fsp3) is 0.333. The van der Waals surface area contributed by atoms with E-state index in [0.29, 0.717) is 6.04 Å². The first-order chi connectivity index (χ1) is 10.3. The van der Waals surface area contributed by atoms with E-state index in [1.807, 2.05) is 18.2 Å². The molecule has 3 heteroatoms. The van der Waals surface area contributed by atoms with Gasteiger partial charge in [-0.3, -0.25) is 4.90 Å². The van der Waals surface area contributed by atoms with Crippen molar-refractivity contribution >= 4 is 0 Å². The summed E-state index contributed by atoms with van der Waals surface area (Å²) in [4.78, 5) is 2.43. The van der Waals surface area contributed by atoms with Gasteiger partial charge in [0.2, 0.25) is 0 Å². The molecule has 0 bridgehead atoms. The van der Waals surface area contributed by atoms with Gasteiger partial charge in [-0.05, 0) is 54.8 Å². The standard InChI is InChI=1S/C18H20FNO/c1-21-17-9-7-14(8-10-17)13-20-11-3-6-18(20)15-4-2-5-16(19)12-15/h2,4-5,7-10,12,18H,3,6,11,13H2,1H3/t18-/m0/s1. The van der Waals surface area contributed by atoms with Gasteiger partial charge in [-0.25, -0.2) is 4.39 Å². The summed E-state index contributed by atoms with van der Waals surface area (Å²) < 4.78 is 18.6. The molecule has 0 unspecified atom stereocenters. The lowest BCUT2D eigenvalue weighted by Gasteiger charge is -2.25. The van der Waals surface area contributed by atoms with Crippen LogP contribution in [0.4, 0.5) is 4.39 Å². The van der Waals surface area contributed by atoms with Crippen LogP contribution >= 0.6 is 0 Å². The minimum atomic E-state index is -0.149. The van der Waals surface area contributed by atoms with Crippen molar-refractivity contribution in [3.05, 3.63) is 65.5 Å². The van der Waals surface area contributed by atoms with Crippen molar-refractivity contribution in [1.82, 2.24) is 4.90 Å². The third-order valence-corrected chi connectivity index (χ3v) is 4.14. The van der Waals surface area contributed by atoms with E-state index in [-0.39, 0.29) is 5.82 Å². The Bertz CT molecular complexity index is 596. The molecule has 0 N–H and O–H groups in total. The third kappa shape index (κ3) is 3.24. The fourth-order valence-corrected chi connectivity index (χ4v) is 3.07. The Morgan fingerprint density at radius 2 is 2.00 bits per heavy atom. The molecule has 1 fully saturated rings. The average molecular weight is 285 g/mol. The Morgan fingerprint density at radius 1 is 1.19 bits per heavy atom. The Hall–Kier alpha value is -1.87. The first kappa shape index (κ1) is 14.1. The second-order valence-corrected chi connectivity index (χ2v) is 5.53. The van der Waals surface area contributed by atoms with Crippen molar-refractivity contribution in [2.45, 2.75) is 25.4 Å². The maximum atomic E-state index is 13.4. The van der Waals surface area contributed by atoms with Crippen molar-refractivity contribution in [3.8, 4) is 5.75 Å². The number of rotatable bonds is 4. The van der Waals surface area contributed by atoms with E-state index in [4.69, 9.17) is 4.74 Å². The lowest BCUT2D eigenvalue weighted by molar-refractivity contribution is 0.248. The molecule has 1 heterocycles. The first-order valence-electron chi connectivity index (χ1n) is 7.39. The molecular weight excluding hydrogens is 265 g/mol. The van der Waals surface area contributed by atoms with Crippen molar-refractivity contribution in [3.63, 3.8) is 0 Å². The zero-order chi connectivity index (χ0) is 14.7. The molecule has 2 aromatic rings. The number of hydrogen-bond donors (Lipinski definition) is 0. The van der Waals surface area contributed by atoms with Crippen LogP contribution in [0.5, 0.6) is 5.75 Å². The van der Waals surface area contributed by atoms with Crippen molar-refractivity contribution in [2.24, 2.45) is 0 Å². The summed E-state index contributed by atoms with van der Waals surface area (Å²) in [6.45, 7) is 1.96. The molecule has 0 saturated carbocycles. The molecule has 0 amide bonds. The van der Waals surface area contributed by atoms with Gasteiger partial charge in [0.15, 0.2) is 0 Å². The molecule has 0 radical (unpaired) electrons. The Labute approximate surface area is 125 Å². The van der Waals surface area contributed by atoms with Crippen LogP contribution in [-0.4, -0.2) is 18.6 Å². The molecule has 1 atom stereocenters. The lowest BCUT2D eigenvalue weighted by Crippen LogP contribution is -2.22. The van der Waals surface area contributed by atoms with E-state index in [9.17, 15) is 4.39 Å². The number of hydrogen-bond acceptors (Lipinski definition) is 2. The quantitative estimate of drug-likeness (QED) is 0.836. The van der Waals surface area contributed by atoms with Gasteiger partial charge < -0.3 is 4.74 Å². The number of likely N-dealkylation sites (tertiary alicyclic amines) is 1. The zero-order valence-corrected chi connectivity index (χ0v) is 12.3. The normalized spacial score (nSPS) is 18.9. The van der Waals surface area contributed by atoms with Crippen LogP contribution in [-0.2, 0) is 6.54 Å². The molecule has 2 nitrogen and oxygen atoms in total. The second kappa shape index (κ2) is 6.27. The van der Waals surface area contributed by atoms with Gasteiger partial charge in [0.05, 0.1) is 7.11 Å². The molecule has 110 valence electrons. The highest BCUT2D eigenvalue weighted by Gasteiger charge is 2.26. The van der Waals surface area contributed by atoms with Gasteiger partial charge in [0.1, 0.15) is 11.6 Å². The van der Waals surface area contributed by atoms with Crippen LogP contribution in [0.3, 0.4) is 0 Å².